The van der Waals surface area contributed by atoms with E-state index in [-0.39, 0.29) is 5.56 Å². The van der Waals surface area contributed by atoms with E-state index in [4.69, 9.17) is 5.73 Å². The van der Waals surface area contributed by atoms with Crippen LogP contribution < -0.4 is 10.6 Å². The van der Waals surface area contributed by atoms with E-state index < -0.39 is 11.7 Å². The highest BCUT2D eigenvalue weighted by atomic mass is 79.9. The molecular formula is C15H16BrFN4O. The lowest BCUT2D eigenvalue weighted by Crippen LogP contribution is -2.36. The number of aromatic nitrogens is 2. The number of carbonyl (C=O) groups excluding carboxylic acids is 1. The molecule has 2 N–H and O–H groups in total. The molecule has 2 aromatic rings. The van der Waals surface area contributed by atoms with Gasteiger partial charge in [-0.15, -0.1) is 0 Å². The number of hydrogen-bond acceptors (Lipinski definition) is 3. The Morgan fingerprint density at radius 1 is 1.36 bits per heavy atom. The van der Waals surface area contributed by atoms with Gasteiger partial charge in [-0.1, -0.05) is 15.9 Å². The van der Waals surface area contributed by atoms with Crippen molar-refractivity contribution in [3.63, 3.8) is 0 Å². The lowest BCUT2D eigenvalue weighted by atomic mass is 10.0. The van der Waals surface area contributed by atoms with E-state index in [1.165, 1.54) is 6.07 Å². The third-order valence-electron chi connectivity index (χ3n) is 4.03. The van der Waals surface area contributed by atoms with Crippen molar-refractivity contribution in [1.29, 1.82) is 0 Å². The summed E-state index contributed by atoms with van der Waals surface area (Å²) in [4.78, 5) is 17.7. The minimum Gasteiger partial charge on any atom is -0.371 e. The first kappa shape index (κ1) is 15.0. The molecule has 7 heteroatoms. The Balaban J connectivity index is 1.83. The van der Waals surface area contributed by atoms with E-state index in [0.717, 1.165) is 25.9 Å². The number of hydrogen-bond donors (Lipinski definition) is 1. The summed E-state index contributed by atoms with van der Waals surface area (Å²) in [6, 6.07) is 3.40. The summed E-state index contributed by atoms with van der Waals surface area (Å²) in [7, 11) is 0. The van der Waals surface area contributed by atoms with Crippen LogP contribution in [-0.2, 0) is 0 Å². The Morgan fingerprint density at radius 2 is 2.09 bits per heavy atom. The van der Waals surface area contributed by atoms with Gasteiger partial charge in [0, 0.05) is 36.0 Å². The zero-order valence-electron chi connectivity index (χ0n) is 11.9. The van der Waals surface area contributed by atoms with Gasteiger partial charge < -0.3 is 15.2 Å². The van der Waals surface area contributed by atoms with Gasteiger partial charge in [0.1, 0.15) is 5.82 Å². The normalized spacial score (nSPS) is 16.0. The number of rotatable bonds is 3. The number of anilines is 1. The third kappa shape index (κ3) is 2.85. The lowest BCUT2D eigenvalue weighted by Gasteiger charge is -2.35. The van der Waals surface area contributed by atoms with Gasteiger partial charge in [-0.2, -0.15) is 0 Å². The highest BCUT2D eigenvalue weighted by Gasteiger charge is 2.25. The zero-order chi connectivity index (χ0) is 15.7. The molecule has 3 rings (SSSR count). The van der Waals surface area contributed by atoms with Gasteiger partial charge >= 0.3 is 0 Å². The van der Waals surface area contributed by atoms with Crippen molar-refractivity contribution in [1.82, 2.24) is 9.55 Å². The summed E-state index contributed by atoms with van der Waals surface area (Å²) in [5.41, 5.74) is 5.86. The summed E-state index contributed by atoms with van der Waals surface area (Å²) in [5.74, 6) is -1.33. The van der Waals surface area contributed by atoms with Gasteiger partial charge in [-0.05, 0) is 25.0 Å². The second kappa shape index (κ2) is 6.08. The minimum atomic E-state index is -0.739. The highest BCUT2D eigenvalue weighted by molar-refractivity contribution is 9.10. The predicted molar refractivity (Wildman–Crippen MR) is 85.3 cm³/mol. The molecule has 1 aliphatic heterocycles. The summed E-state index contributed by atoms with van der Waals surface area (Å²) < 4.78 is 16.7. The maximum Gasteiger partial charge on any atom is 0.253 e. The maximum atomic E-state index is 14.0. The van der Waals surface area contributed by atoms with E-state index >= 15 is 0 Å². The van der Waals surface area contributed by atoms with Crippen LogP contribution in [0.1, 0.15) is 29.2 Å². The fraction of sp³-hybridized carbons (Fsp3) is 0.333. The molecule has 0 bridgehead atoms. The molecule has 1 saturated heterocycles. The number of carbonyl (C=O) groups is 1. The third-order valence-corrected chi connectivity index (χ3v) is 4.49. The molecule has 5 nitrogen and oxygen atoms in total. The quantitative estimate of drug-likeness (QED) is 0.908. The Kier molecular flexibility index (Phi) is 4.15. The number of benzene rings is 1. The number of primary amides is 1. The van der Waals surface area contributed by atoms with E-state index in [0.29, 0.717) is 16.2 Å². The Bertz CT molecular complexity index is 681. The van der Waals surface area contributed by atoms with Gasteiger partial charge in [0.2, 0.25) is 0 Å². The van der Waals surface area contributed by atoms with Crippen molar-refractivity contribution in [3.8, 4) is 0 Å². The zero-order valence-corrected chi connectivity index (χ0v) is 13.5. The molecule has 1 aromatic carbocycles. The Labute approximate surface area is 136 Å². The molecule has 0 spiro atoms. The van der Waals surface area contributed by atoms with Gasteiger partial charge in [-0.25, -0.2) is 9.37 Å². The summed E-state index contributed by atoms with van der Waals surface area (Å²) in [6.45, 7) is 1.47. The van der Waals surface area contributed by atoms with Crippen LogP contribution >= 0.6 is 15.9 Å². The molecule has 0 saturated carbocycles. The first-order chi connectivity index (χ1) is 10.6. The first-order valence-corrected chi connectivity index (χ1v) is 7.87. The van der Waals surface area contributed by atoms with Gasteiger partial charge in [0.05, 0.1) is 17.6 Å². The van der Waals surface area contributed by atoms with Crippen molar-refractivity contribution in [2.24, 2.45) is 5.73 Å². The van der Waals surface area contributed by atoms with Gasteiger partial charge in [-0.3, -0.25) is 4.79 Å². The second-order valence-electron chi connectivity index (χ2n) is 5.37. The molecule has 116 valence electrons. The molecule has 1 aliphatic rings. The maximum absolute atomic E-state index is 14.0. The SMILES string of the molecule is NC(=O)c1c(F)cc(Br)cc1N1CCC(n2ccnc2)CC1. The number of nitrogens with zero attached hydrogens (tertiary/aromatic N) is 3. The fourth-order valence-electron chi connectivity index (χ4n) is 2.94. The number of nitrogens with two attached hydrogens (primary N) is 1. The summed E-state index contributed by atoms with van der Waals surface area (Å²) >= 11 is 3.28. The predicted octanol–water partition coefficient (Wildman–Crippen LogP) is 2.73. The second-order valence-corrected chi connectivity index (χ2v) is 6.29. The van der Waals surface area contributed by atoms with Crippen LogP contribution in [0.5, 0.6) is 0 Å². The molecule has 22 heavy (non-hydrogen) atoms. The molecule has 1 amide bonds. The van der Waals surface area contributed by atoms with E-state index in [1.807, 2.05) is 17.4 Å². The Morgan fingerprint density at radius 3 is 2.68 bits per heavy atom. The van der Waals surface area contributed by atoms with Crippen LogP contribution in [0.15, 0.2) is 35.3 Å². The first-order valence-electron chi connectivity index (χ1n) is 7.07. The van der Waals surface area contributed by atoms with Crippen molar-refractivity contribution >= 4 is 27.5 Å². The van der Waals surface area contributed by atoms with Crippen LogP contribution in [-0.4, -0.2) is 28.5 Å². The molecule has 2 heterocycles. The number of halogens is 2. The van der Waals surface area contributed by atoms with Crippen molar-refractivity contribution in [2.45, 2.75) is 18.9 Å². The number of piperidine rings is 1. The molecule has 0 radical (unpaired) electrons. The monoisotopic (exact) mass is 366 g/mol. The topological polar surface area (TPSA) is 64.2 Å². The van der Waals surface area contributed by atoms with Gasteiger partial charge in [0.15, 0.2) is 0 Å². The van der Waals surface area contributed by atoms with Gasteiger partial charge in [0.25, 0.3) is 5.91 Å². The smallest absolute Gasteiger partial charge is 0.253 e. The Hall–Kier alpha value is -1.89. The molecule has 0 unspecified atom stereocenters. The van der Waals surface area contributed by atoms with E-state index in [2.05, 4.69) is 25.5 Å². The minimum absolute atomic E-state index is 0.0377. The van der Waals surface area contributed by atoms with E-state index in [9.17, 15) is 9.18 Å². The van der Waals surface area contributed by atoms with Crippen molar-refractivity contribution < 1.29 is 9.18 Å². The molecule has 1 aromatic heterocycles. The fourth-order valence-corrected chi connectivity index (χ4v) is 3.36. The van der Waals surface area contributed by atoms with E-state index in [1.54, 1.807) is 12.3 Å². The average Bonchev–Trinajstić information content (AvgIpc) is 3.00. The number of amides is 1. The van der Waals surface area contributed by atoms with Crippen LogP contribution in [0.25, 0.3) is 0 Å². The summed E-state index contributed by atoms with van der Waals surface area (Å²) in [5, 5.41) is 0. The van der Waals surface area contributed by atoms with Crippen molar-refractivity contribution in [3.05, 3.63) is 46.7 Å². The van der Waals surface area contributed by atoms with Crippen LogP contribution in [0, 0.1) is 5.82 Å². The average molecular weight is 367 g/mol. The molecule has 0 aliphatic carbocycles. The standard InChI is InChI=1S/C15H16BrFN4O/c16-10-7-12(17)14(15(18)22)13(8-10)20-4-1-11(2-5-20)21-6-3-19-9-21/h3,6-9,11H,1-2,4-5H2,(H2,18,22). The lowest BCUT2D eigenvalue weighted by molar-refractivity contribution is 0.0997. The highest BCUT2D eigenvalue weighted by Crippen LogP contribution is 2.32. The molecule has 0 atom stereocenters. The molecule has 1 fully saturated rings. The van der Waals surface area contributed by atoms with Crippen molar-refractivity contribution in [2.75, 3.05) is 18.0 Å². The number of imidazole rings is 1. The van der Waals surface area contributed by atoms with Crippen LogP contribution in [0.4, 0.5) is 10.1 Å². The molecular weight excluding hydrogens is 351 g/mol. The summed E-state index contributed by atoms with van der Waals surface area (Å²) in [6.07, 6.45) is 7.34. The largest absolute Gasteiger partial charge is 0.371 e. The van der Waals surface area contributed by atoms with Crippen LogP contribution in [0.2, 0.25) is 0 Å². The van der Waals surface area contributed by atoms with Crippen LogP contribution in [0.3, 0.4) is 0 Å².